The average molecular weight is 277 g/mol. The summed E-state index contributed by atoms with van der Waals surface area (Å²) in [5, 5.41) is 0. The van der Waals surface area contributed by atoms with Gasteiger partial charge in [0.2, 0.25) is 0 Å². The molecule has 2 rings (SSSR count). The third-order valence-electron chi connectivity index (χ3n) is 3.41. The number of benzene rings is 2. The van der Waals surface area contributed by atoms with E-state index in [4.69, 9.17) is 10.5 Å². The monoisotopic (exact) mass is 277 g/mol. The molecule has 0 bridgehead atoms. The first kappa shape index (κ1) is 14.5. The van der Waals surface area contributed by atoms with Gasteiger partial charge in [0.05, 0.1) is 13.2 Å². The summed E-state index contributed by atoms with van der Waals surface area (Å²) in [6, 6.07) is 7.04. The molecule has 2 aromatic rings. The largest absolute Gasteiger partial charge is 0.496 e. The lowest BCUT2D eigenvalue weighted by molar-refractivity contribution is 0.411. The van der Waals surface area contributed by atoms with Gasteiger partial charge in [0.15, 0.2) is 0 Å². The van der Waals surface area contributed by atoms with Crippen molar-refractivity contribution in [3.63, 3.8) is 0 Å². The third kappa shape index (κ3) is 2.51. The summed E-state index contributed by atoms with van der Waals surface area (Å²) in [5.41, 5.74) is 7.82. The lowest BCUT2D eigenvalue weighted by Crippen LogP contribution is -2.16. The van der Waals surface area contributed by atoms with Crippen LogP contribution in [-0.2, 0) is 0 Å². The van der Waals surface area contributed by atoms with Gasteiger partial charge >= 0.3 is 0 Å². The number of aryl methyl sites for hydroxylation is 2. The molecule has 4 heteroatoms. The van der Waals surface area contributed by atoms with Gasteiger partial charge in [0, 0.05) is 5.56 Å². The second-order valence-corrected chi connectivity index (χ2v) is 4.80. The Kier molecular flexibility index (Phi) is 4.04. The number of nitrogens with two attached hydrogens (primary N) is 1. The molecule has 0 radical (unpaired) electrons. The van der Waals surface area contributed by atoms with E-state index in [-0.39, 0.29) is 5.56 Å². The van der Waals surface area contributed by atoms with E-state index in [1.165, 1.54) is 12.1 Å². The van der Waals surface area contributed by atoms with E-state index in [0.29, 0.717) is 16.9 Å². The number of halogens is 2. The van der Waals surface area contributed by atoms with Crippen LogP contribution in [0.3, 0.4) is 0 Å². The maximum Gasteiger partial charge on any atom is 0.134 e. The first-order valence-corrected chi connectivity index (χ1v) is 6.30. The molecular formula is C16H17F2NO. The highest BCUT2D eigenvalue weighted by Gasteiger charge is 2.20. The molecule has 106 valence electrons. The topological polar surface area (TPSA) is 35.2 Å². The van der Waals surface area contributed by atoms with Crippen LogP contribution in [0.15, 0.2) is 30.3 Å². The van der Waals surface area contributed by atoms with Crippen molar-refractivity contribution in [3.05, 3.63) is 64.2 Å². The van der Waals surface area contributed by atoms with Crippen molar-refractivity contribution < 1.29 is 13.5 Å². The molecule has 0 fully saturated rings. The van der Waals surface area contributed by atoms with E-state index in [9.17, 15) is 8.78 Å². The second-order valence-electron chi connectivity index (χ2n) is 4.80. The first-order valence-electron chi connectivity index (χ1n) is 6.30. The Morgan fingerprint density at radius 3 is 2.35 bits per heavy atom. The molecular weight excluding hydrogens is 260 g/mol. The van der Waals surface area contributed by atoms with Gasteiger partial charge in [-0.25, -0.2) is 8.78 Å². The number of rotatable bonds is 3. The fourth-order valence-corrected chi connectivity index (χ4v) is 2.23. The highest BCUT2D eigenvalue weighted by molar-refractivity contribution is 5.42. The Labute approximate surface area is 117 Å². The van der Waals surface area contributed by atoms with Crippen LogP contribution in [0.4, 0.5) is 8.78 Å². The standard InChI is InChI=1S/C16H17F2NO/c1-9-4-6-12(17)14(15(9)18)16(19)11-5-7-13(20-3)10(2)8-11/h4-8,16H,19H2,1-3H3. The van der Waals surface area contributed by atoms with Gasteiger partial charge in [-0.1, -0.05) is 18.2 Å². The smallest absolute Gasteiger partial charge is 0.134 e. The molecule has 0 heterocycles. The van der Waals surface area contributed by atoms with Crippen LogP contribution in [-0.4, -0.2) is 7.11 Å². The molecule has 1 atom stereocenters. The molecule has 0 spiro atoms. The predicted octanol–water partition coefficient (Wildman–Crippen LogP) is 3.64. The number of methoxy groups -OCH3 is 1. The maximum absolute atomic E-state index is 14.1. The Morgan fingerprint density at radius 1 is 1.05 bits per heavy atom. The van der Waals surface area contributed by atoms with Gasteiger partial charge < -0.3 is 10.5 Å². The number of hydrogen-bond donors (Lipinski definition) is 1. The van der Waals surface area contributed by atoms with Gasteiger partial charge in [-0.15, -0.1) is 0 Å². The molecule has 2 N–H and O–H groups in total. The highest BCUT2D eigenvalue weighted by Crippen LogP contribution is 2.29. The molecule has 0 saturated carbocycles. The molecule has 0 aliphatic rings. The first-order chi connectivity index (χ1) is 9.45. The van der Waals surface area contributed by atoms with Crippen LogP contribution >= 0.6 is 0 Å². The van der Waals surface area contributed by atoms with Crippen molar-refractivity contribution in [3.8, 4) is 5.75 Å². The molecule has 0 aliphatic carbocycles. The lowest BCUT2D eigenvalue weighted by atomic mass is 9.95. The van der Waals surface area contributed by atoms with Crippen molar-refractivity contribution in [1.82, 2.24) is 0 Å². The molecule has 2 nitrogen and oxygen atoms in total. The van der Waals surface area contributed by atoms with Gasteiger partial charge in [0.1, 0.15) is 17.4 Å². The van der Waals surface area contributed by atoms with Crippen molar-refractivity contribution >= 4 is 0 Å². The SMILES string of the molecule is COc1ccc(C(N)c2c(F)ccc(C)c2F)cc1C. The zero-order valence-corrected chi connectivity index (χ0v) is 11.7. The maximum atomic E-state index is 14.1. The quantitative estimate of drug-likeness (QED) is 0.929. The van der Waals surface area contributed by atoms with Crippen molar-refractivity contribution in [2.24, 2.45) is 5.73 Å². The van der Waals surface area contributed by atoms with Gasteiger partial charge in [-0.3, -0.25) is 0 Å². The minimum absolute atomic E-state index is 0.102. The Bertz CT molecular complexity index is 641. The van der Waals surface area contributed by atoms with Crippen LogP contribution in [0.2, 0.25) is 0 Å². The van der Waals surface area contributed by atoms with Crippen LogP contribution in [0.5, 0.6) is 5.75 Å². The van der Waals surface area contributed by atoms with Crippen molar-refractivity contribution in [2.45, 2.75) is 19.9 Å². The summed E-state index contributed by atoms with van der Waals surface area (Å²) in [6.07, 6.45) is 0. The summed E-state index contributed by atoms with van der Waals surface area (Å²) < 4.78 is 33.1. The van der Waals surface area contributed by atoms with Crippen LogP contribution in [0.1, 0.15) is 28.3 Å². The van der Waals surface area contributed by atoms with Gasteiger partial charge in [-0.2, -0.15) is 0 Å². The van der Waals surface area contributed by atoms with E-state index < -0.39 is 17.7 Å². The van der Waals surface area contributed by atoms with Crippen molar-refractivity contribution in [2.75, 3.05) is 7.11 Å². The fraction of sp³-hybridized carbons (Fsp3) is 0.250. The fourth-order valence-electron chi connectivity index (χ4n) is 2.23. The highest BCUT2D eigenvalue weighted by atomic mass is 19.1. The van der Waals surface area contributed by atoms with Crippen LogP contribution in [0, 0.1) is 25.5 Å². The Balaban J connectivity index is 2.49. The summed E-state index contributed by atoms with van der Waals surface area (Å²) in [5.74, 6) is -0.508. The van der Waals surface area contributed by atoms with E-state index in [2.05, 4.69) is 0 Å². The minimum atomic E-state index is -0.848. The normalized spacial score (nSPS) is 12.3. The molecule has 1 unspecified atom stereocenters. The molecule has 0 aromatic heterocycles. The molecule has 2 aromatic carbocycles. The van der Waals surface area contributed by atoms with Crippen LogP contribution < -0.4 is 10.5 Å². The summed E-state index contributed by atoms with van der Waals surface area (Å²) in [4.78, 5) is 0. The third-order valence-corrected chi connectivity index (χ3v) is 3.41. The molecule has 0 saturated heterocycles. The molecule has 20 heavy (non-hydrogen) atoms. The van der Waals surface area contributed by atoms with E-state index in [1.807, 2.05) is 6.92 Å². The van der Waals surface area contributed by atoms with Crippen LogP contribution in [0.25, 0.3) is 0 Å². The summed E-state index contributed by atoms with van der Waals surface area (Å²) in [6.45, 7) is 3.45. The summed E-state index contributed by atoms with van der Waals surface area (Å²) >= 11 is 0. The molecule has 0 aliphatic heterocycles. The number of hydrogen-bond acceptors (Lipinski definition) is 2. The van der Waals surface area contributed by atoms with Crippen molar-refractivity contribution in [1.29, 1.82) is 0 Å². The summed E-state index contributed by atoms with van der Waals surface area (Å²) in [7, 11) is 1.57. The van der Waals surface area contributed by atoms with E-state index >= 15 is 0 Å². The second kappa shape index (κ2) is 5.59. The Morgan fingerprint density at radius 2 is 1.75 bits per heavy atom. The van der Waals surface area contributed by atoms with Gasteiger partial charge in [-0.05, 0) is 42.7 Å². The van der Waals surface area contributed by atoms with Gasteiger partial charge in [0.25, 0.3) is 0 Å². The Hall–Kier alpha value is -1.94. The molecule has 0 amide bonds. The van der Waals surface area contributed by atoms with E-state index in [0.717, 1.165) is 5.56 Å². The zero-order chi connectivity index (χ0) is 14.9. The average Bonchev–Trinajstić information content (AvgIpc) is 2.43. The zero-order valence-electron chi connectivity index (χ0n) is 11.7. The minimum Gasteiger partial charge on any atom is -0.496 e. The number of ether oxygens (including phenoxy) is 1. The van der Waals surface area contributed by atoms with E-state index in [1.54, 1.807) is 32.2 Å². The predicted molar refractivity (Wildman–Crippen MR) is 74.9 cm³/mol. The lowest BCUT2D eigenvalue weighted by Gasteiger charge is -2.17.